The first-order valence-corrected chi connectivity index (χ1v) is 4.40. The number of nitrogens with two attached hydrogens (primary N) is 1. The third-order valence-corrected chi connectivity index (χ3v) is 1.94. The van der Waals surface area contributed by atoms with Gasteiger partial charge in [-0.1, -0.05) is 0 Å². The Balaban J connectivity index is 2.73. The van der Waals surface area contributed by atoms with Crippen LogP contribution in [-0.2, 0) is 15.4 Å². The zero-order chi connectivity index (χ0) is 9.68. The summed E-state index contributed by atoms with van der Waals surface area (Å²) >= 11 is 1.22. The van der Waals surface area contributed by atoms with Gasteiger partial charge in [0.05, 0.1) is 19.2 Å². The molecular formula is C8H10N2O2S. The highest BCUT2D eigenvalue weighted by Crippen LogP contribution is 2.17. The zero-order valence-corrected chi connectivity index (χ0v) is 8.00. The van der Waals surface area contributed by atoms with Crippen LogP contribution < -0.4 is 5.73 Å². The van der Waals surface area contributed by atoms with Crippen molar-refractivity contribution < 1.29 is 8.98 Å². The quantitative estimate of drug-likeness (QED) is 0.725. The van der Waals surface area contributed by atoms with Crippen molar-refractivity contribution in [3.8, 4) is 0 Å². The van der Waals surface area contributed by atoms with E-state index in [4.69, 9.17) is 9.92 Å². The van der Waals surface area contributed by atoms with E-state index in [-0.39, 0.29) is 12.3 Å². The zero-order valence-electron chi connectivity index (χ0n) is 7.19. The van der Waals surface area contributed by atoms with Crippen molar-refractivity contribution in [3.05, 3.63) is 24.0 Å². The normalized spacial score (nSPS) is 9.92. The second kappa shape index (κ2) is 4.84. The van der Waals surface area contributed by atoms with E-state index in [0.29, 0.717) is 5.69 Å². The van der Waals surface area contributed by atoms with Gasteiger partial charge in [-0.15, -0.1) is 0 Å². The summed E-state index contributed by atoms with van der Waals surface area (Å²) in [4.78, 5) is 15.5. The van der Waals surface area contributed by atoms with Crippen LogP contribution in [0.5, 0.6) is 0 Å². The molecule has 0 spiro atoms. The number of pyridine rings is 1. The molecule has 0 unspecified atom stereocenters. The van der Waals surface area contributed by atoms with Crippen LogP contribution in [0, 0.1) is 0 Å². The number of carbonyl (C=O) groups excluding carboxylic acids is 1. The fourth-order valence-electron chi connectivity index (χ4n) is 0.879. The molecule has 0 fully saturated rings. The van der Waals surface area contributed by atoms with Crippen LogP contribution in [0.1, 0.15) is 5.69 Å². The van der Waals surface area contributed by atoms with Crippen molar-refractivity contribution in [2.75, 3.05) is 7.11 Å². The fraction of sp³-hybridized carbons (Fsp3) is 0.250. The standard InChI is InChI=1S/C8H10N2O2S/c1-12-13-7-2-3-10-6(4-7)5-8(9)11/h2-4H,5H2,1H3,(H2,9,11). The fourth-order valence-corrected chi connectivity index (χ4v) is 1.37. The number of hydrogen-bond donors (Lipinski definition) is 1. The Morgan fingerprint density at radius 3 is 3.15 bits per heavy atom. The number of aromatic nitrogens is 1. The molecule has 70 valence electrons. The second-order valence-corrected chi connectivity index (χ2v) is 3.35. The highest BCUT2D eigenvalue weighted by Gasteiger charge is 2.01. The molecule has 1 aromatic rings. The lowest BCUT2D eigenvalue weighted by molar-refractivity contribution is -0.117. The molecule has 5 heteroatoms. The van der Waals surface area contributed by atoms with Crippen molar-refractivity contribution in [2.24, 2.45) is 5.73 Å². The van der Waals surface area contributed by atoms with Gasteiger partial charge in [0.1, 0.15) is 0 Å². The van der Waals surface area contributed by atoms with Gasteiger partial charge in [-0.2, -0.15) is 0 Å². The first-order chi connectivity index (χ1) is 6.22. The van der Waals surface area contributed by atoms with E-state index >= 15 is 0 Å². The molecule has 1 rings (SSSR count). The van der Waals surface area contributed by atoms with Gasteiger partial charge in [0.15, 0.2) is 0 Å². The summed E-state index contributed by atoms with van der Waals surface area (Å²) in [7, 11) is 1.58. The van der Waals surface area contributed by atoms with Crippen molar-refractivity contribution >= 4 is 17.9 Å². The second-order valence-electron chi connectivity index (χ2n) is 2.38. The topological polar surface area (TPSA) is 65.2 Å². The summed E-state index contributed by atoms with van der Waals surface area (Å²) in [5.74, 6) is -0.382. The lowest BCUT2D eigenvalue weighted by atomic mass is 10.3. The minimum absolute atomic E-state index is 0.165. The van der Waals surface area contributed by atoms with Crippen LogP contribution in [0.25, 0.3) is 0 Å². The molecule has 0 radical (unpaired) electrons. The summed E-state index contributed by atoms with van der Waals surface area (Å²) in [5.41, 5.74) is 5.69. The Labute approximate surface area is 80.7 Å². The Morgan fingerprint density at radius 2 is 2.54 bits per heavy atom. The molecule has 4 nitrogen and oxygen atoms in total. The van der Waals surface area contributed by atoms with Crippen molar-refractivity contribution in [3.63, 3.8) is 0 Å². The van der Waals surface area contributed by atoms with Crippen molar-refractivity contribution in [1.82, 2.24) is 4.98 Å². The van der Waals surface area contributed by atoms with Crippen LogP contribution in [0.15, 0.2) is 23.2 Å². The molecule has 1 amide bonds. The van der Waals surface area contributed by atoms with Crippen molar-refractivity contribution in [1.29, 1.82) is 0 Å². The lowest BCUT2D eigenvalue weighted by Crippen LogP contribution is -2.14. The van der Waals surface area contributed by atoms with E-state index in [1.54, 1.807) is 25.4 Å². The molecular weight excluding hydrogens is 188 g/mol. The first kappa shape index (κ1) is 10.0. The van der Waals surface area contributed by atoms with E-state index in [1.807, 2.05) is 0 Å². The van der Waals surface area contributed by atoms with Crippen LogP contribution in [0.3, 0.4) is 0 Å². The largest absolute Gasteiger partial charge is 0.369 e. The number of rotatable bonds is 4. The van der Waals surface area contributed by atoms with Gasteiger partial charge >= 0.3 is 0 Å². The van der Waals surface area contributed by atoms with Gasteiger partial charge in [-0.05, 0) is 12.1 Å². The summed E-state index contributed by atoms with van der Waals surface area (Å²) in [6.07, 6.45) is 1.79. The molecule has 2 N–H and O–H groups in total. The molecule has 0 saturated heterocycles. The molecule has 0 aliphatic heterocycles. The molecule has 0 aliphatic rings. The van der Waals surface area contributed by atoms with E-state index in [2.05, 4.69) is 4.98 Å². The average molecular weight is 198 g/mol. The van der Waals surface area contributed by atoms with Crippen LogP contribution in [0.4, 0.5) is 0 Å². The van der Waals surface area contributed by atoms with E-state index in [9.17, 15) is 4.79 Å². The third kappa shape index (κ3) is 3.43. The van der Waals surface area contributed by atoms with Gasteiger partial charge in [0, 0.05) is 23.1 Å². The minimum atomic E-state index is -0.382. The van der Waals surface area contributed by atoms with Gasteiger partial charge in [0.2, 0.25) is 5.91 Å². The Hall–Kier alpha value is -1.07. The molecule has 0 saturated carbocycles. The monoisotopic (exact) mass is 198 g/mol. The third-order valence-electron chi connectivity index (χ3n) is 1.32. The van der Waals surface area contributed by atoms with Crippen LogP contribution in [-0.4, -0.2) is 18.0 Å². The SMILES string of the molecule is COSc1ccnc(CC(N)=O)c1. The van der Waals surface area contributed by atoms with Gasteiger partial charge in [-0.3, -0.25) is 9.78 Å². The van der Waals surface area contributed by atoms with Crippen LogP contribution in [0.2, 0.25) is 0 Å². The predicted molar refractivity (Wildman–Crippen MR) is 50.0 cm³/mol. The maximum Gasteiger partial charge on any atom is 0.223 e. The number of nitrogens with zero attached hydrogens (tertiary/aromatic N) is 1. The van der Waals surface area contributed by atoms with E-state index < -0.39 is 0 Å². The highest BCUT2D eigenvalue weighted by atomic mass is 32.2. The first-order valence-electron chi connectivity index (χ1n) is 3.66. The smallest absolute Gasteiger partial charge is 0.223 e. The number of primary amides is 1. The van der Waals surface area contributed by atoms with Gasteiger partial charge in [-0.25, -0.2) is 0 Å². The van der Waals surface area contributed by atoms with E-state index in [1.165, 1.54) is 12.0 Å². The molecule has 1 heterocycles. The minimum Gasteiger partial charge on any atom is -0.369 e. The lowest BCUT2D eigenvalue weighted by Gasteiger charge is -2.00. The van der Waals surface area contributed by atoms with Crippen LogP contribution >= 0.6 is 12.0 Å². The number of amides is 1. The van der Waals surface area contributed by atoms with E-state index in [0.717, 1.165) is 4.90 Å². The molecule has 0 atom stereocenters. The Bertz CT molecular complexity index is 304. The Morgan fingerprint density at radius 1 is 1.77 bits per heavy atom. The molecule has 13 heavy (non-hydrogen) atoms. The molecule has 0 bridgehead atoms. The van der Waals surface area contributed by atoms with Gasteiger partial charge in [0.25, 0.3) is 0 Å². The summed E-state index contributed by atoms with van der Waals surface area (Å²) in [6.45, 7) is 0. The highest BCUT2D eigenvalue weighted by molar-refractivity contribution is 7.94. The summed E-state index contributed by atoms with van der Waals surface area (Å²) in [6, 6.07) is 3.58. The molecule has 0 aliphatic carbocycles. The molecule has 0 aromatic carbocycles. The summed E-state index contributed by atoms with van der Waals surface area (Å²) in [5, 5.41) is 0. The number of carbonyl (C=O) groups is 1. The van der Waals surface area contributed by atoms with Gasteiger partial charge < -0.3 is 9.92 Å². The average Bonchev–Trinajstić information content (AvgIpc) is 2.04. The number of hydrogen-bond acceptors (Lipinski definition) is 4. The maximum atomic E-state index is 10.6. The maximum absolute atomic E-state index is 10.6. The Kier molecular flexibility index (Phi) is 3.72. The molecule has 1 aromatic heterocycles. The van der Waals surface area contributed by atoms with Crippen molar-refractivity contribution in [2.45, 2.75) is 11.3 Å². The predicted octanol–water partition coefficient (Wildman–Crippen LogP) is 0.763. The summed E-state index contributed by atoms with van der Waals surface area (Å²) < 4.78 is 4.86.